The molecule has 0 aliphatic rings. The van der Waals surface area contributed by atoms with Crippen LogP contribution in [0.3, 0.4) is 0 Å². The molecule has 0 saturated heterocycles. The fourth-order valence-corrected chi connectivity index (χ4v) is 4.74. The highest BCUT2D eigenvalue weighted by Gasteiger charge is 2.30. The Morgan fingerprint density at radius 3 is 2.23 bits per heavy atom. The van der Waals surface area contributed by atoms with Crippen molar-refractivity contribution >= 4 is 46.8 Å². The van der Waals surface area contributed by atoms with Crippen LogP contribution >= 0.6 is 35.0 Å². The topological polar surface area (TPSA) is 49.4 Å². The summed E-state index contributed by atoms with van der Waals surface area (Å²) in [6.07, 6.45) is 0.404. The van der Waals surface area contributed by atoms with Crippen LogP contribution in [0.25, 0.3) is 0 Å². The number of aryl methyl sites for hydroxylation is 1. The number of carbonyl (C=O) groups excluding carboxylic acids is 2. The van der Waals surface area contributed by atoms with E-state index >= 15 is 0 Å². The van der Waals surface area contributed by atoms with E-state index in [1.54, 1.807) is 17.0 Å². The molecule has 0 aliphatic heterocycles. The highest BCUT2D eigenvalue weighted by molar-refractivity contribution is 8.00. The van der Waals surface area contributed by atoms with Crippen molar-refractivity contribution in [3.63, 3.8) is 0 Å². The van der Waals surface area contributed by atoms with Gasteiger partial charge in [0.2, 0.25) is 11.8 Å². The van der Waals surface area contributed by atoms with Crippen LogP contribution in [-0.4, -0.2) is 34.6 Å². The molecule has 3 rings (SSSR count). The Hall–Kier alpha value is -2.47. The van der Waals surface area contributed by atoms with Crippen molar-refractivity contribution in [1.82, 2.24) is 10.2 Å². The minimum Gasteiger partial charge on any atom is -0.352 e. The van der Waals surface area contributed by atoms with Crippen molar-refractivity contribution in [2.24, 2.45) is 0 Å². The Balaban J connectivity index is 1.92. The number of nitrogens with one attached hydrogen (secondary N) is 1. The number of benzene rings is 3. The third kappa shape index (κ3) is 8.31. The van der Waals surface area contributed by atoms with Gasteiger partial charge in [-0.1, -0.05) is 77.3 Å². The van der Waals surface area contributed by atoms with Crippen LogP contribution in [0.15, 0.2) is 77.7 Å². The molecule has 1 N–H and O–H groups in total. The van der Waals surface area contributed by atoms with Crippen molar-refractivity contribution in [3.05, 3.63) is 99.5 Å². The van der Waals surface area contributed by atoms with Crippen molar-refractivity contribution in [1.29, 1.82) is 0 Å². The number of halogens is 2. The lowest BCUT2D eigenvalue weighted by atomic mass is 10.0. The lowest BCUT2D eigenvalue weighted by Gasteiger charge is -2.32. The van der Waals surface area contributed by atoms with E-state index in [2.05, 4.69) is 5.32 Å². The molecule has 184 valence electrons. The third-order valence-electron chi connectivity index (χ3n) is 5.42. The van der Waals surface area contributed by atoms with Crippen LogP contribution < -0.4 is 5.32 Å². The van der Waals surface area contributed by atoms with Gasteiger partial charge in [0.05, 0.1) is 15.8 Å². The first kappa shape index (κ1) is 27.1. The standard InChI is InChI=1S/C28H30Cl2N2O2S/c1-19(2)31-28(34)26(16-21-7-5-4-6-8-21)32(17-22-11-14-24(29)25(30)15-22)27(33)18-35-23-12-9-20(3)10-13-23/h4-15,19,26H,16-18H2,1-3H3,(H,31,34)/t26-/m1/s1. The maximum Gasteiger partial charge on any atom is 0.243 e. The highest BCUT2D eigenvalue weighted by Crippen LogP contribution is 2.25. The monoisotopic (exact) mass is 528 g/mol. The average molecular weight is 530 g/mol. The first-order chi connectivity index (χ1) is 16.7. The second-order valence-electron chi connectivity index (χ2n) is 8.74. The lowest BCUT2D eigenvalue weighted by molar-refractivity contribution is -0.139. The Labute approximate surface area is 222 Å². The maximum atomic E-state index is 13.6. The summed E-state index contributed by atoms with van der Waals surface area (Å²) in [6, 6.07) is 22.4. The van der Waals surface area contributed by atoms with E-state index in [1.165, 1.54) is 11.8 Å². The molecular formula is C28H30Cl2N2O2S. The molecule has 4 nitrogen and oxygen atoms in total. The summed E-state index contributed by atoms with van der Waals surface area (Å²) in [5.41, 5.74) is 2.95. The predicted octanol–water partition coefficient (Wildman–Crippen LogP) is 6.56. The number of rotatable bonds is 10. The fourth-order valence-electron chi connectivity index (χ4n) is 3.63. The van der Waals surface area contributed by atoms with Crippen LogP contribution in [-0.2, 0) is 22.6 Å². The molecule has 0 saturated carbocycles. The van der Waals surface area contributed by atoms with Gasteiger partial charge in [0.1, 0.15) is 6.04 Å². The minimum atomic E-state index is -0.680. The first-order valence-electron chi connectivity index (χ1n) is 11.5. The maximum absolute atomic E-state index is 13.6. The fraction of sp³-hybridized carbons (Fsp3) is 0.286. The van der Waals surface area contributed by atoms with Gasteiger partial charge in [0, 0.05) is 23.9 Å². The van der Waals surface area contributed by atoms with Gasteiger partial charge in [-0.05, 0) is 56.2 Å². The smallest absolute Gasteiger partial charge is 0.243 e. The van der Waals surface area contributed by atoms with E-state index in [4.69, 9.17) is 23.2 Å². The summed E-state index contributed by atoms with van der Waals surface area (Å²) in [5.74, 6) is -0.0935. The van der Waals surface area contributed by atoms with Crippen molar-refractivity contribution in [2.75, 3.05) is 5.75 Å². The summed E-state index contributed by atoms with van der Waals surface area (Å²) >= 11 is 13.8. The van der Waals surface area contributed by atoms with Gasteiger partial charge in [-0.15, -0.1) is 11.8 Å². The molecule has 0 unspecified atom stereocenters. The minimum absolute atomic E-state index is 0.0513. The molecule has 0 aliphatic carbocycles. The molecule has 7 heteroatoms. The van der Waals surface area contributed by atoms with Gasteiger partial charge in [-0.3, -0.25) is 9.59 Å². The van der Waals surface area contributed by atoms with Crippen LogP contribution in [0.5, 0.6) is 0 Å². The van der Waals surface area contributed by atoms with Crippen molar-refractivity contribution < 1.29 is 9.59 Å². The molecule has 3 aromatic carbocycles. The molecule has 0 aromatic heterocycles. The quantitative estimate of drug-likeness (QED) is 0.303. The zero-order valence-corrected chi connectivity index (χ0v) is 22.5. The highest BCUT2D eigenvalue weighted by atomic mass is 35.5. The van der Waals surface area contributed by atoms with Gasteiger partial charge >= 0.3 is 0 Å². The molecule has 3 aromatic rings. The Morgan fingerprint density at radius 2 is 1.60 bits per heavy atom. The van der Waals surface area contributed by atoms with Crippen LogP contribution in [0.4, 0.5) is 0 Å². The summed E-state index contributed by atoms with van der Waals surface area (Å²) < 4.78 is 0. The number of amides is 2. The number of nitrogens with zero attached hydrogens (tertiary/aromatic N) is 1. The van der Waals surface area contributed by atoms with Crippen LogP contribution in [0, 0.1) is 6.92 Å². The molecule has 1 atom stereocenters. The Kier molecular flexibility index (Phi) is 10.1. The van der Waals surface area contributed by atoms with E-state index in [0.717, 1.165) is 21.6 Å². The first-order valence-corrected chi connectivity index (χ1v) is 13.2. The van der Waals surface area contributed by atoms with E-state index in [9.17, 15) is 9.59 Å². The molecule has 0 heterocycles. The normalized spacial score (nSPS) is 11.8. The van der Waals surface area contributed by atoms with E-state index in [1.807, 2.05) is 81.4 Å². The van der Waals surface area contributed by atoms with Gasteiger partial charge in [0.25, 0.3) is 0 Å². The molecular weight excluding hydrogens is 499 g/mol. The second kappa shape index (κ2) is 13.0. The van der Waals surface area contributed by atoms with Gasteiger partial charge in [-0.25, -0.2) is 0 Å². The molecule has 0 spiro atoms. The van der Waals surface area contributed by atoms with E-state index in [0.29, 0.717) is 16.5 Å². The Morgan fingerprint density at radius 1 is 0.914 bits per heavy atom. The zero-order valence-electron chi connectivity index (χ0n) is 20.1. The van der Waals surface area contributed by atoms with Crippen LogP contribution in [0.2, 0.25) is 10.0 Å². The molecule has 0 fully saturated rings. The molecule has 0 radical (unpaired) electrons. The van der Waals surface area contributed by atoms with Crippen LogP contribution in [0.1, 0.15) is 30.5 Å². The lowest BCUT2D eigenvalue weighted by Crippen LogP contribution is -2.52. The largest absolute Gasteiger partial charge is 0.352 e. The predicted molar refractivity (Wildman–Crippen MR) is 146 cm³/mol. The van der Waals surface area contributed by atoms with Gasteiger partial charge < -0.3 is 10.2 Å². The summed E-state index contributed by atoms with van der Waals surface area (Å²) in [6.45, 7) is 6.10. The van der Waals surface area contributed by atoms with E-state index in [-0.39, 0.29) is 30.2 Å². The van der Waals surface area contributed by atoms with E-state index < -0.39 is 6.04 Å². The molecule has 0 bridgehead atoms. The molecule has 2 amide bonds. The SMILES string of the molecule is Cc1ccc(SCC(=O)N(Cc2ccc(Cl)c(Cl)c2)[C@H](Cc2ccccc2)C(=O)NC(C)C)cc1. The zero-order chi connectivity index (χ0) is 25.4. The van der Waals surface area contributed by atoms with Gasteiger partial charge in [-0.2, -0.15) is 0 Å². The number of thioether (sulfide) groups is 1. The summed E-state index contributed by atoms with van der Waals surface area (Å²) in [7, 11) is 0. The summed E-state index contributed by atoms with van der Waals surface area (Å²) in [5, 5.41) is 3.86. The average Bonchev–Trinajstić information content (AvgIpc) is 2.83. The third-order valence-corrected chi connectivity index (χ3v) is 7.16. The second-order valence-corrected chi connectivity index (χ2v) is 10.6. The Bertz CT molecular complexity index is 1140. The number of hydrogen-bond donors (Lipinski definition) is 1. The van der Waals surface area contributed by atoms with Gasteiger partial charge in [0.15, 0.2) is 0 Å². The summed E-state index contributed by atoms with van der Waals surface area (Å²) in [4.78, 5) is 29.7. The van der Waals surface area contributed by atoms with Crippen molar-refractivity contribution in [3.8, 4) is 0 Å². The number of hydrogen-bond acceptors (Lipinski definition) is 3. The van der Waals surface area contributed by atoms with Crippen molar-refractivity contribution in [2.45, 2.75) is 50.7 Å². The molecule has 35 heavy (non-hydrogen) atoms. The number of carbonyl (C=O) groups is 2.